The molecule has 0 radical (unpaired) electrons. The standard InChI is InChI=1S/C20H22Cl2N2O2/c1-2-12-24(20(26)11-8-15-6-4-3-5-7-15)14-19(25)23-18-13-16(21)9-10-17(18)22/h3-7,9-10,13H,2,8,11-12,14H2,1H3,(H,23,25). The average molecular weight is 393 g/mol. The van der Waals surface area contributed by atoms with Crippen molar-refractivity contribution < 1.29 is 9.59 Å². The lowest BCUT2D eigenvalue weighted by Gasteiger charge is -2.22. The average Bonchev–Trinajstić information content (AvgIpc) is 2.63. The van der Waals surface area contributed by atoms with E-state index in [1.165, 1.54) is 0 Å². The van der Waals surface area contributed by atoms with Gasteiger partial charge in [-0.2, -0.15) is 0 Å². The Morgan fingerprint density at radius 3 is 2.50 bits per heavy atom. The lowest BCUT2D eigenvalue weighted by Crippen LogP contribution is -2.38. The molecule has 0 unspecified atom stereocenters. The van der Waals surface area contributed by atoms with E-state index in [-0.39, 0.29) is 18.4 Å². The van der Waals surface area contributed by atoms with Gasteiger partial charge in [0.05, 0.1) is 17.3 Å². The highest BCUT2D eigenvalue weighted by molar-refractivity contribution is 6.35. The fraction of sp³-hybridized carbons (Fsp3) is 0.300. The van der Waals surface area contributed by atoms with E-state index in [0.717, 1.165) is 12.0 Å². The van der Waals surface area contributed by atoms with Gasteiger partial charge in [-0.25, -0.2) is 0 Å². The first-order chi connectivity index (χ1) is 12.5. The predicted molar refractivity (Wildman–Crippen MR) is 107 cm³/mol. The number of nitrogens with one attached hydrogen (secondary N) is 1. The van der Waals surface area contributed by atoms with Gasteiger partial charge in [0, 0.05) is 18.0 Å². The first kappa shape index (κ1) is 20.3. The van der Waals surface area contributed by atoms with Crippen molar-refractivity contribution in [3.05, 3.63) is 64.1 Å². The second-order valence-corrected chi connectivity index (χ2v) is 6.82. The summed E-state index contributed by atoms with van der Waals surface area (Å²) in [6, 6.07) is 14.7. The van der Waals surface area contributed by atoms with Gasteiger partial charge in [-0.05, 0) is 36.6 Å². The first-order valence-electron chi connectivity index (χ1n) is 8.56. The van der Waals surface area contributed by atoms with Gasteiger partial charge in [0.15, 0.2) is 0 Å². The Hall–Kier alpha value is -2.04. The van der Waals surface area contributed by atoms with Crippen LogP contribution in [0.3, 0.4) is 0 Å². The number of carbonyl (C=O) groups is 2. The lowest BCUT2D eigenvalue weighted by molar-refractivity contribution is -0.134. The third-order valence-corrected chi connectivity index (χ3v) is 4.42. The molecule has 0 saturated heterocycles. The quantitative estimate of drug-likeness (QED) is 0.700. The van der Waals surface area contributed by atoms with Crippen LogP contribution >= 0.6 is 23.2 Å². The number of anilines is 1. The number of aryl methyl sites for hydroxylation is 1. The maximum Gasteiger partial charge on any atom is 0.244 e. The number of halogens is 2. The van der Waals surface area contributed by atoms with Crippen LogP contribution in [-0.2, 0) is 16.0 Å². The first-order valence-corrected chi connectivity index (χ1v) is 9.31. The van der Waals surface area contributed by atoms with E-state index in [1.54, 1.807) is 23.1 Å². The van der Waals surface area contributed by atoms with Crippen LogP contribution in [-0.4, -0.2) is 29.8 Å². The second-order valence-electron chi connectivity index (χ2n) is 5.97. The molecule has 2 aromatic carbocycles. The summed E-state index contributed by atoms with van der Waals surface area (Å²) in [5.41, 5.74) is 1.55. The molecule has 2 rings (SSSR count). The van der Waals surface area contributed by atoms with Crippen LogP contribution < -0.4 is 5.32 Å². The molecule has 0 spiro atoms. The van der Waals surface area contributed by atoms with Crippen LogP contribution in [0, 0.1) is 0 Å². The molecule has 1 N–H and O–H groups in total. The van der Waals surface area contributed by atoms with Crippen molar-refractivity contribution in [1.82, 2.24) is 4.90 Å². The highest BCUT2D eigenvalue weighted by atomic mass is 35.5. The Morgan fingerprint density at radius 1 is 1.08 bits per heavy atom. The zero-order valence-electron chi connectivity index (χ0n) is 14.7. The summed E-state index contributed by atoms with van der Waals surface area (Å²) in [6.07, 6.45) is 1.80. The molecule has 0 atom stereocenters. The van der Waals surface area contributed by atoms with E-state index in [4.69, 9.17) is 23.2 Å². The Morgan fingerprint density at radius 2 is 1.81 bits per heavy atom. The number of benzene rings is 2. The Kier molecular flexibility index (Phi) is 7.95. The molecular weight excluding hydrogens is 371 g/mol. The summed E-state index contributed by atoms with van der Waals surface area (Å²) in [4.78, 5) is 26.4. The number of hydrogen-bond acceptors (Lipinski definition) is 2. The molecule has 0 heterocycles. The molecule has 2 aromatic rings. The van der Waals surface area contributed by atoms with Crippen molar-refractivity contribution in [2.75, 3.05) is 18.4 Å². The van der Waals surface area contributed by atoms with Crippen molar-refractivity contribution in [3.8, 4) is 0 Å². The zero-order valence-corrected chi connectivity index (χ0v) is 16.2. The Labute approximate surface area is 164 Å². The summed E-state index contributed by atoms with van der Waals surface area (Å²) in [5.74, 6) is -0.335. The van der Waals surface area contributed by atoms with Gasteiger partial charge >= 0.3 is 0 Å². The third kappa shape index (κ3) is 6.36. The van der Waals surface area contributed by atoms with E-state index >= 15 is 0 Å². The number of rotatable bonds is 8. The van der Waals surface area contributed by atoms with Crippen LogP contribution in [0.1, 0.15) is 25.3 Å². The maximum atomic E-state index is 12.5. The van der Waals surface area contributed by atoms with E-state index in [0.29, 0.717) is 35.1 Å². The molecule has 4 nitrogen and oxygen atoms in total. The fourth-order valence-electron chi connectivity index (χ4n) is 2.57. The zero-order chi connectivity index (χ0) is 18.9. The number of nitrogens with zero attached hydrogens (tertiary/aromatic N) is 1. The Balaban J connectivity index is 1.94. The molecule has 0 bridgehead atoms. The lowest BCUT2D eigenvalue weighted by atomic mass is 10.1. The van der Waals surface area contributed by atoms with Crippen molar-refractivity contribution in [1.29, 1.82) is 0 Å². The molecule has 0 saturated carbocycles. The minimum absolute atomic E-state index is 0.00962. The monoisotopic (exact) mass is 392 g/mol. The molecule has 2 amide bonds. The molecule has 26 heavy (non-hydrogen) atoms. The SMILES string of the molecule is CCCN(CC(=O)Nc1cc(Cl)ccc1Cl)C(=O)CCc1ccccc1. The molecule has 0 aliphatic rings. The Bertz CT molecular complexity index is 751. The summed E-state index contributed by atoms with van der Waals surface area (Å²) in [7, 11) is 0. The van der Waals surface area contributed by atoms with Gasteiger partial charge in [-0.3, -0.25) is 9.59 Å². The van der Waals surface area contributed by atoms with Crippen molar-refractivity contribution in [2.45, 2.75) is 26.2 Å². The van der Waals surface area contributed by atoms with Crippen molar-refractivity contribution in [3.63, 3.8) is 0 Å². The van der Waals surface area contributed by atoms with Crippen LogP contribution in [0.15, 0.2) is 48.5 Å². The molecule has 0 aromatic heterocycles. The molecule has 0 fully saturated rings. The smallest absolute Gasteiger partial charge is 0.244 e. The van der Waals surface area contributed by atoms with E-state index in [1.807, 2.05) is 37.3 Å². The van der Waals surface area contributed by atoms with Gasteiger partial charge in [0.2, 0.25) is 11.8 Å². The largest absolute Gasteiger partial charge is 0.333 e. The van der Waals surface area contributed by atoms with Gasteiger partial charge in [0.25, 0.3) is 0 Å². The molecule has 6 heteroatoms. The van der Waals surface area contributed by atoms with Crippen LogP contribution in [0.2, 0.25) is 10.0 Å². The number of amides is 2. The summed E-state index contributed by atoms with van der Waals surface area (Å²) < 4.78 is 0. The fourth-order valence-corrected chi connectivity index (χ4v) is 2.91. The van der Waals surface area contributed by atoms with Crippen LogP contribution in [0.4, 0.5) is 5.69 Å². The summed E-state index contributed by atoms with van der Waals surface area (Å²) >= 11 is 12.0. The van der Waals surface area contributed by atoms with Crippen LogP contribution in [0.5, 0.6) is 0 Å². The highest BCUT2D eigenvalue weighted by Crippen LogP contribution is 2.25. The minimum Gasteiger partial charge on any atom is -0.333 e. The molecule has 0 aliphatic heterocycles. The van der Waals surface area contributed by atoms with Crippen molar-refractivity contribution in [2.24, 2.45) is 0 Å². The van der Waals surface area contributed by atoms with Crippen LogP contribution in [0.25, 0.3) is 0 Å². The van der Waals surface area contributed by atoms with E-state index in [2.05, 4.69) is 5.32 Å². The number of carbonyl (C=O) groups excluding carboxylic acids is 2. The van der Waals surface area contributed by atoms with E-state index < -0.39 is 0 Å². The normalized spacial score (nSPS) is 10.4. The minimum atomic E-state index is -0.296. The van der Waals surface area contributed by atoms with Gasteiger partial charge < -0.3 is 10.2 Å². The molecule has 0 aliphatic carbocycles. The second kappa shape index (κ2) is 10.2. The van der Waals surface area contributed by atoms with Crippen molar-refractivity contribution >= 4 is 40.7 Å². The topological polar surface area (TPSA) is 49.4 Å². The van der Waals surface area contributed by atoms with Gasteiger partial charge in [-0.1, -0.05) is 60.5 Å². The molecule has 138 valence electrons. The molecular formula is C20H22Cl2N2O2. The summed E-state index contributed by atoms with van der Waals surface area (Å²) in [6.45, 7) is 2.50. The van der Waals surface area contributed by atoms with Gasteiger partial charge in [0.1, 0.15) is 0 Å². The van der Waals surface area contributed by atoms with Gasteiger partial charge in [-0.15, -0.1) is 0 Å². The maximum absolute atomic E-state index is 12.5. The predicted octanol–water partition coefficient (Wildman–Crippen LogP) is 4.80. The van der Waals surface area contributed by atoms with E-state index in [9.17, 15) is 9.59 Å². The highest BCUT2D eigenvalue weighted by Gasteiger charge is 2.17. The summed E-state index contributed by atoms with van der Waals surface area (Å²) in [5, 5.41) is 3.60. The third-order valence-electron chi connectivity index (χ3n) is 3.85. The number of hydrogen-bond donors (Lipinski definition) is 1.